The van der Waals surface area contributed by atoms with Crippen molar-refractivity contribution in [3.8, 4) is 11.5 Å². The van der Waals surface area contributed by atoms with Crippen LogP contribution in [0.5, 0.6) is 11.5 Å². The largest absolute Gasteiger partial charge is 0.507 e. The molecule has 2 aliphatic rings. The van der Waals surface area contributed by atoms with E-state index in [0.29, 0.717) is 17.2 Å². The molecule has 2 aliphatic heterocycles. The summed E-state index contributed by atoms with van der Waals surface area (Å²) in [6.07, 6.45) is 1.02. The topological polar surface area (TPSA) is 61.8 Å². The average Bonchev–Trinajstić information content (AvgIpc) is 2.98. The number of methoxy groups -OCH3 is 1. The standard InChI is InChI=1S/C15H20N2O3/c1-9-5-10-7-16-8-13(10)17(9)15(19)12-6-11(20-2)3-4-14(12)18/h3-4,6,9-10,13,16,18H,5,7-8H2,1-2H3. The normalized spacial score (nSPS) is 28.5. The molecule has 3 atom stereocenters. The molecule has 20 heavy (non-hydrogen) atoms. The molecule has 3 rings (SSSR count). The predicted octanol–water partition coefficient (Wildman–Crippen LogP) is 1.22. The van der Waals surface area contributed by atoms with Crippen LogP contribution in [0, 0.1) is 5.92 Å². The van der Waals surface area contributed by atoms with Gasteiger partial charge < -0.3 is 20.1 Å². The van der Waals surface area contributed by atoms with Crippen LogP contribution in [0.4, 0.5) is 0 Å². The van der Waals surface area contributed by atoms with Crippen molar-refractivity contribution in [2.75, 3.05) is 20.2 Å². The Morgan fingerprint density at radius 2 is 2.25 bits per heavy atom. The molecule has 2 N–H and O–H groups in total. The first-order chi connectivity index (χ1) is 9.61. The van der Waals surface area contributed by atoms with Crippen LogP contribution in [0.2, 0.25) is 0 Å². The summed E-state index contributed by atoms with van der Waals surface area (Å²) in [6, 6.07) is 5.23. The van der Waals surface area contributed by atoms with Crippen LogP contribution >= 0.6 is 0 Å². The van der Waals surface area contributed by atoms with E-state index in [4.69, 9.17) is 4.74 Å². The highest BCUT2D eigenvalue weighted by Gasteiger charge is 2.44. The van der Waals surface area contributed by atoms with E-state index in [-0.39, 0.29) is 23.7 Å². The van der Waals surface area contributed by atoms with E-state index in [2.05, 4.69) is 12.2 Å². The van der Waals surface area contributed by atoms with Crippen molar-refractivity contribution in [3.63, 3.8) is 0 Å². The predicted molar refractivity (Wildman–Crippen MR) is 75.1 cm³/mol. The highest BCUT2D eigenvalue weighted by molar-refractivity contribution is 5.98. The van der Waals surface area contributed by atoms with Crippen LogP contribution in [0.1, 0.15) is 23.7 Å². The molecule has 2 saturated heterocycles. The maximum atomic E-state index is 12.8. The number of rotatable bonds is 2. The van der Waals surface area contributed by atoms with Gasteiger partial charge in [-0.1, -0.05) is 0 Å². The van der Waals surface area contributed by atoms with Gasteiger partial charge in [0.25, 0.3) is 5.91 Å². The summed E-state index contributed by atoms with van der Waals surface area (Å²) in [7, 11) is 1.55. The van der Waals surface area contributed by atoms with Crippen molar-refractivity contribution in [1.29, 1.82) is 0 Å². The lowest BCUT2D eigenvalue weighted by atomic mass is 10.0. The Hall–Kier alpha value is -1.75. The lowest BCUT2D eigenvalue weighted by Gasteiger charge is -2.28. The van der Waals surface area contributed by atoms with Gasteiger partial charge in [0.05, 0.1) is 12.7 Å². The van der Waals surface area contributed by atoms with Gasteiger partial charge >= 0.3 is 0 Å². The molecule has 3 unspecified atom stereocenters. The Morgan fingerprint density at radius 3 is 3.00 bits per heavy atom. The first-order valence-corrected chi connectivity index (χ1v) is 7.02. The van der Waals surface area contributed by atoms with E-state index >= 15 is 0 Å². The van der Waals surface area contributed by atoms with Crippen molar-refractivity contribution in [2.24, 2.45) is 5.92 Å². The second-order valence-electron chi connectivity index (χ2n) is 5.67. The number of likely N-dealkylation sites (tertiary alicyclic amines) is 1. The Balaban J connectivity index is 1.92. The Morgan fingerprint density at radius 1 is 1.45 bits per heavy atom. The monoisotopic (exact) mass is 276 g/mol. The number of carbonyl (C=O) groups is 1. The Labute approximate surface area is 118 Å². The average molecular weight is 276 g/mol. The molecule has 108 valence electrons. The van der Waals surface area contributed by atoms with Gasteiger partial charge in [-0.2, -0.15) is 0 Å². The zero-order chi connectivity index (χ0) is 14.3. The number of phenols is 1. The summed E-state index contributed by atoms with van der Waals surface area (Å²) in [5, 5.41) is 13.3. The quantitative estimate of drug-likeness (QED) is 0.852. The molecule has 1 aromatic rings. The Kier molecular flexibility index (Phi) is 3.30. The van der Waals surface area contributed by atoms with Gasteiger partial charge in [-0.3, -0.25) is 4.79 Å². The lowest BCUT2D eigenvalue weighted by Crippen LogP contribution is -2.42. The maximum Gasteiger partial charge on any atom is 0.258 e. The molecule has 1 amide bonds. The number of nitrogens with zero attached hydrogens (tertiary/aromatic N) is 1. The second kappa shape index (κ2) is 4.98. The number of carbonyl (C=O) groups excluding carboxylic acids is 1. The number of phenolic OH excluding ortho intramolecular Hbond substituents is 1. The molecule has 2 fully saturated rings. The van der Waals surface area contributed by atoms with Crippen molar-refractivity contribution in [1.82, 2.24) is 10.2 Å². The van der Waals surface area contributed by atoms with Crippen LogP contribution in [-0.4, -0.2) is 48.2 Å². The SMILES string of the molecule is COc1ccc(O)c(C(=O)N2C(C)CC3CNCC32)c1. The summed E-state index contributed by atoms with van der Waals surface area (Å²) in [5.41, 5.74) is 0.323. The van der Waals surface area contributed by atoms with E-state index in [9.17, 15) is 9.90 Å². The fraction of sp³-hybridized carbons (Fsp3) is 0.533. The van der Waals surface area contributed by atoms with Gasteiger partial charge in [0.2, 0.25) is 0 Å². The van der Waals surface area contributed by atoms with Crippen LogP contribution in [-0.2, 0) is 0 Å². The summed E-state index contributed by atoms with van der Waals surface area (Å²) in [4.78, 5) is 14.7. The van der Waals surface area contributed by atoms with Crippen molar-refractivity contribution in [3.05, 3.63) is 23.8 Å². The van der Waals surface area contributed by atoms with Gasteiger partial charge in [-0.15, -0.1) is 0 Å². The summed E-state index contributed by atoms with van der Waals surface area (Å²) in [5.74, 6) is 1.02. The molecular weight excluding hydrogens is 256 g/mol. The highest BCUT2D eigenvalue weighted by atomic mass is 16.5. The third-order valence-electron chi connectivity index (χ3n) is 4.45. The van der Waals surface area contributed by atoms with Gasteiger partial charge in [-0.05, 0) is 37.5 Å². The minimum Gasteiger partial charge on any atom is -0.507 e. The number of fused-ring (bicyclic) bond motifs is 1. The van der Waals surface area contributed by atoms with Crippen LogP contribution in [0.25, 0.3) is 0 Å². The summed E-state index contributed by atoms with van der Waals surface area (Å²) >= 11 is 0. The summed E-state index contributed by atoms with van der Waals surface area (Å²) in [6.45, 7) is 3.89. The molecular formula is C15H20N2O3. The number of aromatic hydroxyl groups is 1. The molecule has 5 heteroatoms. The second-order valence-corrected chi connectivity index (χ2v) is 5.67. The maximum absolute atomic E-state index is 12.8. The molecule has 0 aromatic heterocycles. The van der Waals surface area contributed by atoms with Crippen molar-refractivity contribution >= 4 is 5.91 Å². The van der Waals surface area contributed by atoms with Gasteiger partial charge in [0.15, 0.2) is 0 Å². The van der Waals surface area contributed by atoms with Gasteiger partial charge in [0, 0.05) is 25.2 Å². The van der Waals surface area contributed by atoms with Crippen LogP contribution < -0.4 is 10.1 Å². The minimum absolute atomic E-state index is 0.0115. The third-order valence-corrected chi connectivity index (χ3v) is 4.45. The van der Waals surface area contributed by atoms with E-state index in [1.165, 1.54) is 6.07 Å². The molecule has 0 aliphatic carbocycles. The van der Waals surface area contributed by atoms with Crippen LogP contribution in [0.3, 0.4) is 0 Å². The smallest absolute Gasteiger partial charge is 0.258 e. The van der Waals surface area contributed by atoms with E-state index in [0.717, 1.165) is 19.5 Å². The third kappa shape index (κ3) is 2.02. The van der Waals surface area contributed by atoms with Gasteiger partial charge in [-0.25, -0.2) is 0 Å². The molecule has 1 aromatic carbocycles. The fourth-order valence-corrected chi connectivity index (χ4v) is 3.47. The zero-order valence-electron chi connectivity index (χ0n) is 11.8. The van der Waals surface area contributed by atoms with E-state index < -0.39 is 0 Å². The highest BCUT2D eigenvalue weighted by Crippen LogP contribution is 2.35. The number of hydrogen-bond donors (Lipinski definition) is 2. The Bertz CT molecular complexity index is 532. The zero-order valence-corrected chi connectivity index (χ0v) is 11.8. The molecule has 5 nitrogen and oxygen atoms in total. The number of amides is 1. The molecule has 0 bridgehead atoms. The van der Waals surface area contributed by atoms with Crippen molar-refractivity contribution in [2.45, 2.75) is 25.4 Å². The molecule has 0 radical (unpaired) electrons. The van der Waals surface area contributed by atoms with E-state index in [1.807, 2.05) is 4.90 Å². The molecule has 2 heterocycles. The minimum atomic E-state index is -0.106. The molecule has 0 saturated carbocycles. The molecule has 0 spiro atoms. The number of ether oxygens (including phenoxy) is 1. The van der Waals surface area contributed by atoms with Crippen molar-refractivity contribution < 1.29 is 14.6 Å². The number of hydrogen-bond acceptors (Lipinski definition) is 4. The number of benzene rings is 1. The van der Waals surface area contributed by atoms with Gasteiger partial charge in [0.1, 0.15) is 11.5 Å². The fourth-order valence-electron chi connectivity index (χ4n) is 3.47. The van der Waals surface area contributed by atoms with Crippen LogP contribution in [0.15, 0.2) is 18.2 Å². The lowest BCUT2D eigenvalue weighted by molar-refractivity contribution is 0.0678. The van der Waals surface area contributed by atoms with E-state index in [1.54, 1.807) is 19.2 Å². The first-order valence-electron chi connectivity index (χ1n) is 7.02. The summed E-state index contributed by atoms with van der Waals surface area (Å²) < 4.78 is 5.14. The number of nitrogens with one attached hydrogen (secondary N) is 1. The first kappa shape index (κ1) is 13.2.